The van der Waals surface area contributed by atoms with Crippen LogP contribution in [0.15, 0.2) is 0 Å². The van der Waals surface area contributed by atoms with Crippen molar-refractivity contribution >= 4 is 13.5 Å². The SMILES string of the molecule is S.[CH2-]CCCCCCCCCCC.[Na+]. The molecule has 0 radical (unpaired) electrons. The van der Waals surface area contributed by atoms with Gasteiger partial charge in [-0.1, -0.05) is 64.7 Å². The number of hydrogen-bond acceptors (Lipinski definition) is 0. The Morgan fingerprint density at radius 2 is 1.07 bits per heavy atom. The molecule has 0 saturated carbocycles. The van der Waals surface area contributed by atoms with E-state index in [1.807, 2.05) is 0 Å². The molecule has 0 amide bonds. The maximum Gasteiger partial charge on any atom is 1.00 e. The van der Waals surface area contributed by atoms with Crippen LogP contribution in [0.3, 0.4) is 0 Å². The average molecular weight is 226 g/mol. The van der Waals surface area contributed by atoms with Crippen LogP contribution in [0.1, 0.15) is 71.1 Å². The van der Waals surface area contributed by atoms with E-state index < -0.39 is 0 Å². The van der Waals surface area contributed by atoms with Crippen LogP contribution in [-0.2, 0) is 0 Å². The molecule has 0 N–H and O–H groups in total. The Morgan fingerprint density at radius 1 is 0.714 bits per heavy atom. The minimum atomic E-state index is 0. The Bertz CT molecular complexity index is 66.7. The van der Waals surface area contributed by atoms with E-state index in [0.29, 0.717) is 0 Å². The fourth-order valence-corrected chi connectivity index (χ4v) is 1.49. The molecule has 0 bridgehead atoms. The van der Waals surface area contributed by atoms with E-state index in [-0.39, 0.29) is 43.1 Å². The quantitative estimate of drug-likeness (QED) is 0.320. The molecule has 0 rings (SSSR count). The summed E-state index contributed by atoms with van der Waals surface area (Å²) in [7, 11) is 0. The fourth-order valence-electron chi connectivity index (χ4n) is 1.49. The molecule has 0 aromatic heterocycles. The monoisotopic (exact) mass is 226 g/mol. The van der Waals surface area contributed by atoms with E-state index in [1.54, 1.807) is 0 Å². The molecule has 0 fully saturated rings. The van der Waals surface area contributed by atoms with Gasteiger partial charge in [-0.05, 0) is 0 Å². The smallest absolute Gasteiger partial charge is 0.343 e. The molecule has 0 saturated heterocycles. The van der Waals surface area contributed by atoms with Crippen LogP contribution in [0.5, 0.6) is 0 Å². The third-order valence-corrected chi connectivity index (χ3v) is 2.35. The maximum atomic E-state index is 3.84. The molecular formula is C12H27NaS. The summed E-state index contributed by atoms with van der Waals surface area (Å²) in [5.74, 6) is 0. The number of unbranched alkanes of at least 4 members (excludes halogenated alkanes) is 9. The van der Waals surface area contributed by atoms with Gasteiger partial charge >= 0.3 is 29.6 Å². The van der Waals surface area contributed by atoms with E-state index in [4.69, 9.17) is 0 Å². The normalized spacial score (nSPS) is 9.00. The summed E-state index contributed by atoms with van der Waals surface area (Å²) < 4.78 is 0. The third-order valence-electron chi connectivity index (χ3n) is 2.35. The minimum Gasteiger partial charge on any atom is -0.343 e. The first-order chi connectivity index (χ1) is 5.91. The molecule has 0 unspecified atom stereocenters. The van der Waals surface area contributed by atoms with E-state index in [1.165, 1.54) is 57.8 Å². The molecule has 0 aliphatic heterocycles. The van der Waals surface area contributed by atoms with Crippen LogP contribution in [-0.4, -0.2) is 0 Å². The topological polar surface area (TPSA) is 0 Å². The van der Waals surface area contributed by atoms with Crippen molar-refractivity contribution < 1.29 is 29.6 Å². The molecule has 82 valence electrons. The Balaban J connectivity index is -0.000000605. The molecule has 0 aliphatic carbocycles. The summed E-state index contributed by atoms with van der Waals surface area (Å²) in [6, 6.07) is 0. The van der Waals surface area contributed by atoms with Crippen molar-refractivity contribution in [3.8, 4) is 0 Å². The van der Waals surface area contributed by atoms with Crippen LogP contribution < -0.4 is 29.6 Å². The summed E-state index contributed by atoms with van der Waals surface area (Å²) >= 11 is 0. The predicted molar refractivity (Wildman–Crippen MR) is 67.6 cm³/mol. The third kappa shape index (κ3) is 19.0. The van der Waals surface area contributed by atoms with E-state index in [2.05, 4.69) is 13.8 Å². The van der Waals surface area contributed by atoms with Gasteiger partial charge < -0.3 is 6.92 Å². The summed E-state index contributed by atoms with van der Waals surface area (Å²) in [5.41, 5.74) is 0. The maximum absolute atomic E-state index is 3.84. The first-order valence-electron chi connectivity index (χ1n) is 5.71. The van der Waals surface area contributed by atoms with Crippen LogP contribution in [0.4, 0.5) is 0 Å². The van der Waals surface area contributed by atoms with E-state index >= 15 is 0 Å². The van der Waals surface area contributed by atoms with Gasteiger partial charge in [0.15, 0.2) is 0 Å². The number of rotatable bonds is 9. The zero-order valence-electron chi connectivity index (χ0n) is 10.3. The van der Waals surface area contributed by atoms with E-state index in [0.717, 1.165) is 6.42 Å². The second-order valence-electron chi connectivity index (χ2n) is 3.68. The Hall–Kier alpha value is 1.35. The first kappa shape index (κ1) is 20.7. The fraction of sp³-hybridized carbons (Fsp3) is 0.917. The first-order valence-corrected chi connectivity index (χ1v) is 5.71. The molecule has 0 nitrogen and oxygen atoms in total. The molecule has 0 aliphatic rings. The van der Waals surface area contributed by atoms with Gasteiger partial charge in [-0.25, -0.2) is 0 Å². The summed E-state index contributed by atoms with van der Waals surface area (Å²) in [6.07, 6.45) is 13.9. The van der Waals surface area contributed by atoms with Crippen molar-refractivity contribution in [2.24, 2.45) is 0 Å². The summed E-state index contributed by atoms with van der Waals surface area (Å²) in [5, 5.41) is 0. The van der Waals surface area contributed by atoms with Crippen molar-refractivity contribution in [3.05, 3.63) is 6.92 Å². The zero-order chi connectivity index (χ0) is 9.07. The Labute approximate surface area is 120 Å². The Morgan fingerprint density at radius 3 is 1.43 bits per heavy atom. The second kappa shape index (κ2) is 19.9. The molecule has 0 aromatic carbocycles. The molecule has 0 heterocycles. The van der Waals surface area contributed by atoms with Gasteiger partial charge in [-0.15, -0.1) is 0 Å². The van der Waals surface area contributed by atoms with Crippen LogP contribution in [0.25, 0.3) is 0 Å². The van der Waals surface area contributed by atoms with Crippen LogP contribution in [0.2, 0.25) is 0 Å². The van der Waals surface area contributed by atoms with Crippen molar-refractivity contribution in [1.82, 2.24) is 0 Å². The van der Waals surface area contributed by atoms with Crippen molar-refractivity contribution in [1.29, 1.82) is 0 Å². The summed E-state index contributed by atoms with van der Waals surface area (Å²) in [4.78, 5) is 0. The molecule has 0 aromatic rings. The van der Waals surface area contributed by atoms with Gasteiger partial charge in [0.1, 0.15) is 0 Å². The Kier molecular flexibility index (Phi) is 29.4. The second-order valence-corrected chi connectivity index (χ2v) is 3.68. The van der Waals surface area contributed by atoms with Gasteiger partial charge in [-0.3, -0.25) is 0 Å². The van der Waals surface area contributed by atoms with Gasteiger partial charge in [0.05, 0.1) is 0 Å². The number of hydrogen-bond donors (Lipinski definition) is 0. The van der Waals surface area contributed by atoms with Gasteiger partial charge in [0, 0.05) is 0 Å². The minimum absolute atomic E-state index is 0. The molecule has 0 spiro atoms. The average Bonchev–Trinajstić information content (AvgIpc) is 2.10. The van der Waals surface area contributed by atoms with Crippen LogP contribution >= 0.6 is 13.5 Å². The zero-order valence-corrected chi connectivity index (χ0v) is 13.3. The van der Waals surface area contributed by atoms with Gasteiger partial charge in [-0.2, -0.15) is 19.9 Å². The molecule has 0 atom stereocenters. The van der Waals surface area contributed by atoms with Crippen molar-refractivity contribution in [2.45, 2.75) is 71.1 Å². The molecule has 2 heteroatoms. The van der Waals surface area contributed by atoms with Crippen LogP contribution in [0, 0.1) is 6.92 Å². The largest absolute Gasteiger partial charge is 1.00 e. The molecular weight excluding hydrogens is 199 g/mol. The summed E-state index contributed by atoms with van der Waals surface area (Å²) in [6.45, 7) is 6.12. The van der Waals surface area contributed by atoms with Crippen molar-refractivity contribution in [2.75, 3.05) is 0 Å². The standard InChI is InChI=1S/C12H25.Na.H2S/c1-3-5-7-9-11-12-10-8-6-4-2;;/h1,3-12H2,2H3;;1H2/q-1;+1;. The van der Waals surface area contributed by atoms with Gasteiger partial charge in [0.25, 0.3) is 0 Å². The van der Waals surface area contributed by atoms with Gasteiger partial charge in [0.2, 0.25) is 0 Å². The molecule has 14 heavy (non-hydrogen) atoms. The predicted octanol–water partition coefficient (Wildman–Crippen LogP) is 1.86. The van der Waals surface area contributed by atoms with E-state index in [9.17, 15) is 0 Å². The van der Waals surface area contributed by atoms with Crippen molar-refractivity contribution in [3.63, 3.8) is 0 Å².